The Morgan fingerprint density at radius 3 is 3.29 bits per heavy atom. The van der Waals surface area contributed by atoms with Gasteiger partial charge in [-0.2, -0.15) is 0 Å². The first kappa shape index (κ1) is 12.6. The van der Waals surface area contributed by atoms with Crippen molar-refractivity contribution in [2.45, 2.75) is 39.3 Å². The summed E-state index contributed by atoms with van der Waals surface area (Å²) in [5.74, 6) is 0.744. The molecule has 0 radical (unpaired) electrons. The van der Waals surface area contributed by atoms with Crippen molar-refractivity contribution in [3.63, 3.8) is 0 Å². The second-order valence-corrected chi connectivity index (χ2v) is 4.77. The van der Waals surface area contributed by atoms with Gasteiger partial charge in [-0.1, -0.05) is 6.92 Å². The van der Waals surface area contributed by atoms with E-state index in [0.29, 0.717) is 0 Å². The van der Waals surface area contributed by atoms with Crippen molar-refractivity contribution in [2.75, 3.05) is 19.8 Å². The minimum atomic E-state index is 0.744. The molecule has 0 aromatic carbocycles. The van der Waals surface area contributed by atoms with Crippen LogP contribution in [0.15, 0.2) is 12.5 Å². The van der Waals surface area contributed by atoms with Crippen molar-refractivity contribution in [2.24, 2.45) is 5.92 Å². The summed E-state index contributed by atoms with van der Waals surface area (Å²) in [4.78, 5) is 4.24. The van der Waals surface area contributed by atoms with Crippen molar-refractivity contribution in [3.8, 4) is 0 Å². The molecule has 0 spiro atoms. The molecular formula is C13H23N3O. The number of aromatic nitrogens is 2. The minimum Gasteiger partial charge on any atom is -0.381 e. The van der Waals surface area contributed by atoms with Crippen LogP contribution in [0.25, 0.3) is 0 Å². The van der Waals surface area contributed by atoms with Gasteiger partial charge in [-0.05, 0) is 31.7 Å². The average Bonchev–Trinajstić information content (AvgIpc) is 2.97. The molecule has 0 bridgehead atoms. The predicted octanol–water partition coefficient (Wildman–Crippen LogP) is 1.81. The summed E-state index contributed by atoms with van der Waals surface area (Å²) in [6, 6.07) is 0. The third-order valence-electron chi connectivity index (χ3n) is 3.33. The Morgan fingerprint density at radius 2 is 2.53 bits per heavy atom. The summed E-state index contributed by atoms with van der Waals surface area (Å²) in [5, 5.41) is 3.42. The second kappa shape index (κ2) is 6.77. The fourth-order valence-corrected chi connectivity index (χ4v) is 2.22. The van der Waals surface area contributed by atoms with Crippen molar-refractivity contribution in [3.05, 3.63) is 18.2 Å². The monoisotopic (exact) mass is 237 g/mol. The van der Waals surface area contributed by atoms with Crippen LogP contribution in [0.3, 0.4) is 0 Å². The molecule has 1 aromatic rings. The predicted molar refractivity (Wildman–Crippen MR) is 67.8 cm³/mol. The lowest BCUT2D eigenvalue weighted by molar-refractivity contribution is 0.183. The van der Waals surface area contributed by atoms with E-state index < -0.39 is 0 Å². The van der Waals surface area contributed by atoms with Crippen molar-refractivity contribution in [1.29, 1.82) is 0 Å². The normalized spacial score (nSPS) is 19.9. The van der Waals surface area contributed by atoms with E-state index in [-0.39, 0.29) is 0 Å². The third-order valence-corrected chi connectivity index (χ3v) is 3.33. The molecule has 96 valence electrons. The lowest BCUT2D eigenvalue weighted by atomic mass is 10.1. The highest BCUT2D eigenvalue weighted by atomic mass is 16.5. The molecule has 1 N–H and O–H groups in total. The van der Waals surface area contributed by atoms with Crippen molar-refractivity contribution >= 4 is 0 Å². The Morgan fingerprint density at radius 1 is 1.59 bits per heavy atom. The smallest absolute Gasteiger partial charge is 0.0948 e. The fraction of sp³-hybridized carbons (Fsp3) is 0.769. The maximum atomic E-state index is 5.40. The van der Waals surface area contributed by atoms with Gasteiger partial charge in [0.2, 0.25) is 0 Å². The maximum absolute atomic E-state index is 5.40. The maximum Gasteiger partial charge on any atom is 0.0948 e. The fourth-order valence-electron chi connectivity index (χ4n) is 2.22. The van der Waals surface area contributed by atoms with Crippen LogP contribution in [0, 0.1) is 5.92 Å². The first-order chi connectivity index (χ1) is 8.40. The molecule has 1 atom stereocenters. The van der Waals surface area contributed by atoms with Crippen molar-refractivity contribution < 1.29 is 4.74 Å². The lowest BCUT2D eigenvalue weighted by Crippen LogP contribution is -2.17. The Labute approximate surface area is 103 Å². The summed E-state index contributed by atoms with van der Waals surface area (Å²) < 4.78 is 7.66. The number of imidazole rings is 1. The molecule has 1 fully saturated rings. The molecule has 0 amide bonds. The molecule has 4 heteroatoms. The summed E-state index contributed by atoms with van der Waals surface area (Å²) >= 11 is 0. The van der Waals surface area contributed by atoms with Gasteiger partial charge in [0.05, 0.1) is 12.0 Å². The van der Waals surface area contributed by atoms with Gasteiger partial charge in [0.1, 0.15) is 0 Å². The Hall–Kier alpha value is -0.870. The van der Waals surface area contributed by atoms with Crippen LogP contribution in [0.5, 0.6) is 0 Å². The highest BCUT2D eigenvalue weighted by Crippen LogP contribution is 2.17. The molecule has 2 rings (SSSR count). The van der Waals surface area contributed by atoms with Gasteiger partial charge in [0, 0.05) is 32.5 Å². The molecule has 2 heterocycles. The number of aryl methyl sites for hydroxylation is 1. The van der Waals surface area contributed by atoms with Crippen molar-refractivity contribution in [1.82, 2.24) is 14.9 Å². The zero-order chi connectivity index (χ0) is 11.9. The lowest BCUT2D eigenvalue weighted by Gasteiger charge is -2.11. The van der Waals surface area contributed by atoms with Crippen LogP contribution in [0.2, 0.25) is 0 Å². The van der Waals surface area contributed by atoms with Crippen LogP contribution < -0.4 is 5.32 Å². The number of ether oxygens (including phenoxy) is 1. The number of hydrogen-bond acceptors (Lipinski definition) is 3. The zero-order valence-corrected chi connectivity index (χ0v) is 10.7. The summed E-state index contributed by atoms with van der Waals surface area (Å²) in [5.41, 5.74) is 1.29. The van der Waals surface area contributed by atoms with E-state index in [2.05, 4.69) is 21.8 Å². The third kappa shape index (κ3) is 3.82. The largest absolute Gasteiger partial charge is 0.381 e. The Kier molecular flexibility index (Phi) is 5.01. The minimum absolute atomic E-state index is 0.744. The molecule has 1 aliphatic heterocycles. The van der Waals surface area contributed by atoms with Gasteiger partial charge in [-0.25, -0.2) is 4.98 Å². The number of nitrogens with one attached hydrogen (secondary N) is 1. The van der Waals surface area contributed by atoms with Gasteiger partial charge < -0.3 is 14.6 Å². The van der Waals surface area contributed by atoms with E-state index >= 15 is 0 Å². The first-order valence-electron chi connectivity index (χ1n) is 6.67. The van der Waals surface area contributed by atoms with Gasteiger partial charge >= 0.3 is 0 Å². The molecule has 1 aliphatic rings. The van der Waals surface area contributed by atoms with Gasteiger partial charge in [-0.3, -0.25) is 0 Å². The number of nitrogens with zero attached hydrogens (tertiary/aromatic N) is 2. The average molecular weight is 237 g/mol. The van der Waals surface area contributed by atoms with E-state index in [1.165, 1.54) is 25.0 Å². The molecule has 1 aromatic heterocycles. The van der Waals surface area contributed by atoms with E-state index in [1.54, 1.807) is 0 Å². The van der Waals surface area contributed by atoms with E-state index in [4.69, 9.17) is 4.74 Å². The number of rotatable bonds is 7. The van der Waals surface area contributed by atoms with Crippen LogP contribution in [0.1, 0.15) is 31.9 Å². The SMILES string of the molecule is CCCNCc1cncn1CCC1CCOC1. The molecule has 1 unspecified atom stereocenters. The van der Waals surface area contributed by atoms with Gasteiger partial charge in [-0.15, -0.1) is 0 Å². The van der Waals surface area contributed by atoms with Gasteiger partial charge in [0.25, 0.3) is 0 Å². The van der Waals surface area contributed by atoms with Crippen LogP contribution >= 0.6 is 0 Å². The highest BCUT2D eigenvalue weighted by molar-refractivity contribution is 4.97. The van der Waals surface area contributed by atoms with Crippen LogP contribution in [-0.4, -0.2) is 29.3 Å². The summed E-state index contributed by atoms with van der Waals surface area (Å²) in [7, 11) is 0. The molecular weight excluding hydrogens is 214 g/mol. The Bertz CT molecular complexity index is 318. The summed E-state index contributed by atoms with van der Waals surface area (Å²) in [6.07, 6.45) is 7.51. The molecule has 0 saturated carbocycles. The topological polar surface area (TPSA) is 39.1 Å². The van der Waals surface area contributed by atoms with E-state index in [0.717, 1.165) is 38.8 Å². The molecule has 17 heavy (non-hydrogen) atoms. The van der Waals surface area contributed by atoms with E-state index in [9.17, 15) is 0 Å². The highest BCUT2D eigenvalue weighted by Gasteiger charge is 2.15. The summed E-state index contributed by atoms with van der Waals surface area (Å²) in [6.45, 7) is 7.13. The Balaban J connectivity index is 1.76. The van der Waals surface area contributed by atoms with Gasteiger partial charge in [0.15, 0.2) is 0 Å². The van der Waals surface area contributed by atoms with Crippen LogP contribution in [-0.2, 0) is 17.8 Å². The zero-order valence-electron chi connectivity index (χ0n) is 10.7. The second-order valence-electron chi connectivity index (χ2n) is 4.77. The van der Waals surface area contributed by atoms with E-state index in [1.807, 2.05) is 12.5 Å². The molecule has 0 aliphatic carbocycles. The quantitative estimate of drug-likeness (QED) is 0.735. The number of hydrogen-bond donors (Lipinski definition) is 1. The molecule has 4 nitrogen and oxygen atoms in total. The standard InChI is InChI=1S/C13H23N3O/c1-2-5-14-8-13-9-15-11-16(13)6-3-12-4-7-17-10-12/h9,11-12,14H,2-8,10H2,1H3. The molecule has 1 saturated heterocycles. The first-order valence-corrected chi connectivity index (χ1v) is 6.67. The van der Waals surface area contributed by atoms with Crippen LogP contribution in [0.4, 0.5) is 0 Å².